The molecule has 0 bridgehead atoms. The Labute approximate surface area is 136 Å². The number of sulfonamides is 1. The van der Waals surface area contributed by atoms with Crippen molar-refractivity contribution in [2.75, 3.05) is 26.8 Å². The molecular formula is C15H22N2O5S. The van der Waals surface area contributed by atoms with E-state index in [2.05, 4.69) is 4.72 Å². The molecule has 1 fully saturated rings. The molecule has 1 saturated heterocycles. The van der Waals surface area contributed by atoms with E-state index in [0.717, 1.165) is 5.56 Å². The molecule has 0 spiro atoms. The van der Waals surface area contributed by atoms with Gasteiger partial charge >= 0.3 is 6.09 Å². The molecule has 128 valence electrons. The van der Waals surface area contributed by atoms with Crippen LogP contribution in [0, 0.1) is 6.92 Å². The first-order valence-electron chi connectivity index (χ1n) is 7.26. The van der Waals surface area contributed by atoms with Crippen molar-refractivity contribution < 1.29 is 22.7 Å². The van der Waals surface area contributed by atoms with Crippen molar-refractivity contribution >= 4 is 16.1 Å². The molecule has 1 heterocycles. The quantitative estimate of drug-likeness (QED) is 0.847. The maximum absolute atomic E-state index is 12.4. The number of methoxy groups -OCH3 is 1. The zero-order chi connectivity index (χ0) is 17.3. The molecule has 23 heavy (non-hydrogen) atoms. The number of cyclic esters (lactones) is 1. The minimum Gasteiger partial charge on any atom is -0.496 e. The summed E-state index contributed by atoms with van der Waals surface area (Å²) in [5.41, 5.74) is 0.0556. The van der Waals surface area contributed by atoms with E-state index in [1.54, 1.807) is 32.9 Å². The lowest BCUT2D eigenvalue weighted by Gasteiger charge is -2.33. The van der Waals surface area contributed by atoms with Crippen LogP contribution >= 0.6 is 0 Å². The zero-order valence-corrected chi connectivity index (χ0v) is 14.6. The average molecular weight is 342 g/mol. The van der Waals surface area contributed by atoms with Crippen LogP contribution in [0.5, 0.6) is 5.75 Å². The van der Waals surface area contributed by atoms with E-state index in [9.17, 15) is 13.2 Å². The highest BCUT2D eigenvalue weighted by atomic mass is 32.2. The van der Waals surface area contributed by atoms with Crippen LogP contribution in [-0.2, 0) is 14.8 Å². The molecule has 1 aromatic rings. The molecule has 1 aliphatic heterocycles. The number of ether oxygens (including phenoxy) is 2. The van der Waals surface area contributed by atoms with Crippen LogP contribution in [0.1, 0.15) is 19.4 Å². The van der Waals surface area contributed by atoms with Crippen molar-refractivity contribution in [2.24, 2.45) is 0 Å². The second-order valence-electron chi connectivity index (χ2n) is 6.03. The number of carbonyl (C=O) groups excluding carboxylic acids is 1. The molecule has 0 atom stereocenters. The largest absolute Gasteiger partial charge is 0.496 e. The third kappa shape index (κ3) is 3.76. The number of nitrogens with one attached hydrogen (secondary N) is 1. The molecule has 0 saturated carbocycles. The molecule has 8 heteroatoms. The third-order valence-electron chi connectivity index (χ3n) is 3.86. The van der Waals surface area contributed by atoms with Gasteiger partial charge in [0.1, 0.15) is 12.4 Å². The fourth-order valence-electron chi connectivity index (χ4n) is 2.41. The minimum absolute atomic E-state index is 0.0928. The Morgan fingerprint density at radius 2 is 2.09 bits per heavy atom. The number of rotatable bonds is 6. The summed E-state index contributed by atoms with van der Waals surface area (Å²) >= 11 is 0. The van der Waals surface area contributed by atoms with Gasteiger partial charge in [-0.05, 0) is 44.5 Å². The highest BCUT2D eigenvalue weighted by Gasteiger charge is 2.36. The van der Waals surface area contributed by atoms with E-state index in [1.165, 1.54) is 18.1 Å². The monoisotopic (exact) mass is 342 g/mol. The fourth-order valence-corrected chi connectivity index (χ4v) is 3.70. The highest BCUT2D eigenvalue weighted by Crippen LogP contribution is 2.23. The zero-order valence-electron chi connectivity index (χ0n) is 13.8. The summed E-state index contributed by atoms with van der Waals surface area (Å²) in [5.74, 6) is 0.629. The number of aryl methyl sites for hydroxylation is 1. The van der Waals surface area contributed by atoms with Crippen molar-refractivity contribution in [3.63, 3.8) is 0 Å². The van der Waals surface area contributed by atoms with Crippen LogP contribution in [0.15, 0.2) is 23.1 Å². The maximum atomic E-state index is 12.4. The third-order valence-corrected chi connectivity index (χ3v) is 5.26. The van der Waals surface area contributed by atoms with Gasteiger partial charge in [-0.25, -0.2) is 17.9 Å². The van der Waals surface area contributed by atoms with Gasteiger partial charge in [0.2, 0.25) is 10.0 Å². The Morgan fingerprint density at radius 1 is 1.39 bits per heavy atom. The van der Waals surface area contributed by atoms with Gasteiger partial charge in [0.15, 0.2) is 0 Å². The molecule has 1 amide bonds. The van der Waals surface area contributed by atoms with E-state index in [-0.39, 0.29) is 11.4 Å². The predicted octanol–water partition coefficient (Wildman–Crippen LogP) is 1.51. The fraction of sp³-hybridized carbons (Fsp3) is 0.533. The number of hydrogen-bond donors (Lipinski definition) is 1. The lowest BCUT2D eigenvalue weighted by atomic mass is 10.0. The van der Waals surface area contributed by atoms with Gasteiger partial charge in [-0.15, -0.1) is 0 Å². The van der Waals surface area contributed by atoms with E-state index < -0.39 is 21.7 Å². The predicted molar refractivity (Wildman–Crippen MR) is 85.1 cm³/mol. The van der Waals surface area contributed by atoms with E-state index in [4.69, 9.17) is 9.47 Å². The van der Waals surface area contributed by atoms with Crippen molar-refractivity contribution in [3.8, 4) is 5.75 Å². The second kappa shape index (κ2) is 6.37. The summed E-state index contributed by atoms with van der Waals surface area (Å²) < 4.78 is 37.5. The molecule has 0 aliphatic carbocycles. The lowest BCUT2D eigenvalue weighted by Crippen LogP contribution is -2.52. The normalized spacial score (nSPS) is 15.7. The number of carbonyl (C=O) groups is 1. The van der Waals surface area contributed by atoms with Crippen molar-refractivity contribution in [1.82, 2.24) is 9.62 Å². The summed E-state index contributed by atoms with van der Waals surface area (Å²) in [6, 6.07) is 4.66. The van der Waals surface area contributed by atoms with Gasteiger partial charge in [0.25, 0.3) is 0 Å². The smallest absolute Gasteiger partial charge is 0.410 e. The van der Waals surface area contributed by atoms with Crippen LogP contribution in [0.25, 0.3) is 0 Å². The molecule has 1 aliphatic rings. The standard InChI is InChI=1S/C15H22N2O5S/c1-11-9-12(5-6-13(11)21-4)23(19,20)16-10-15(2,3)17-7-8-22-14(17)18/h5-6,9,16H,7-8,10H2,1-4H3. The summed E-state index contributed by atoms with van der Waals surface area (Å²) in [5, 5.41) is 0. The van der Waals surface area contributed by atoms with Gasteiger partial charge in [-0.1, -0.05) is 0 Å². The number of amides is 1. The highest BCUT2D eigenvalue weighted by molar-refractivity contribution is 7.89. The molecular weight excluding hydrogens is 320 g/mol. The average Bonchev–Trinajstić information content (AvgIpc) is 2.92. The summed E-state index contributed by atoms with van der Waals surface area (Å²) in [7, 11) is -2.14. The summed E-state index contributed by atoms with van der Waals surface area (Å²) in [6.45, 7) is 6.24. The molecule has 2 rings (SSSR count). The number of benzene rings is 1. The van der Waals surface area contributed by atoms with Crippen molar-refractivity contribution in [1.29, 1.82) is 0 Å². The van der Waals surface area contributed by atoms with Crippen LogP contribution < -0.4 is 9.46 Å². The Hall–Kier alpha value is -1.80. The van der Waals surface area contributed by atoms with E-state index >= 15 is 0 Å². The maximum Gasteiger partial charge on any atom is 0.410 e. The van der Waals surface area contributed by atoms with E-state index in [1.807, 2.05) is 0 Å². The lowest BCUT2D eigenvalue weighted by molar-refractivity contribution is 0.127. The van der Waals surface area contributed by atoms with Gasteiger partial charge in [-0.3, -0.25) is 4.90 Å². The summed E-state index contributed by atoms with van der Waals surface area (Å²) in [6.07, 6.45) is -0.422. The molecule has 0 aromatic heterocycles. The Kier molecular flexibility index (Phi) is 4.86. The van der Waals surface area contributed by atoms with Crippen LogP contribution in [0.2, 0.25) is 0 Å². The molecule has 0 radical (unpaired) electrons. The van der Waals surface area contributed by atoms with Gasteiger partial charge < -0.3 is 9.47 Å². The van der Waals surface area contributed by atoms with Crippen LogP contribution in [0.4, 0.5) is 4.79 Å². The molecule has 1 aromatic carbocycles. The molecule has 1 N–H and O–H groups in total. The summed E-state index contributed by atoms with van der Waals surface area (Å²) in [4.78, 5) is 13.3. The Bertz CT molecular complexity index is 700. The van der Waals surface area contributed by atoms with Crippen LogP contribution in [-0.4, -0.2) is 51.8 Å². The number of hydrogen-bond acceptors (Lipinski definition) is 5. The molecule has 0 unspecified atom stereocenters. The Morgan fingerprint density at radius 3 is 2.61 bits per heavy atom. The van der Waals surface area contributed by atoms with Crippen molar-refractivity contribution in [3.05, 3.63) is 23.8 Å². The molecule has 7 nitrogen and oxygen atoms in total. The van der Waals surface area contributed by atoms with Gasteiger partial charge in [0, 0.05) is 6.54 Å². The Balaban J connectivity index is 2.12. The first kappa shape index (κ1) is 17.6. The first-order valence-corrected chi connectivity index (χ1v) is 8.74. The number of nitrogens with zero attached hydrogens (tertiary/aromatic N) is 1. The SMILES string of the molecule is COc1ccc(S(=O)(=O)NCC(C)(C)N2CCOC2=O)cc1C. The second-order valence-corrected chi connectivity index (χ2v) is 7.80. The topological polar surface area (TPSA) is 84.9 Å². The first-order chi connectivity index (χ1) is 10.7. The van der Waals surface area contributed by atoms with E-state index in [0.29, 0.717) is 18.9 Å². The minimum atomic E-state index is -3.67. The van der Waals surface area contributed by atoms with Crippen LogP contribution in [0.3, 0.4) is 0 Å². The van der Waals surface area contributed by atoms with Gasteiger partial charge in [0.05, 0.1) is 24.1 Å². The van der Waals surface area contributed by atoms with Gasteiger partial charge in [-0.2, -0.15) is 0 Å². The van der Waals surface area contributed by atoms with Crippen molar-refractivity contribution in [2.45, 2.75) is 31.2 Å².